The van der Waals surface area contributed by atoms with Gasteiger partial charge < -0.3 is 9.47 Å². The fourth-order valence-electron chi connectivity index (χ4n) is 1.43. The molecule has 1 heterocycles. The molecule has 2 rings (SSSR count). The number of amides is 1. The van der Waals surface area contributed by atoms with Crippen molar-refractivity contribution in [3.8, 4) is 11.5 Å². The Morgan fingerprint density at radius 3 is 2.76 bits per heavy atom. The van der Waals surface area contributed by atoms with E-state index in [0.717, 1.165) is 16.4 Å². The first-order valence-corrected chi connectivity index (χ1v) is 5.95. The van der Waals surface area contributed by atoms with Crippen LogP contribution in [0.2, 0.25) is 0 Å². The summed E-state index contributed by atoms with van der Waals surface area (Å²) in [7, 11) is 3.20. The first kappa shape index (κ1) is 11.8. The number of thioether (sulfide) groups is 1. The van der Waals surface area contributed by atoms with E-state index in [-0.39, 0.29) is 5.91 Å². The molecule has 1 aliphatic rings. The lowest BCUT2D eigenvalue weighted by molar-refractivity contribution is -0.118. The van der Waals surface area contributed by atoms with Crippen molar-refractivity contribution in [1.82, 2.24) is 5.43 Å². The van der Waals surface area contributed by atoms with E-state index < -0.39 is 0 Å². The molecule has 90 valence electrons. The lowest BCUT2D eigenvalue weighted by Crippen LogP contribution is -2.26. The SMILES string of the molecule is COc1ccc(OC)c(C2=NNC(=O)CS2)c1. The summed E-state index contributed by atoms with van der Waals surface area (Å²) in [5.41, 5.74) is 3.27. The van der Waals surface area contributed by atoms with Gasteiger partial charge in [0.2, 0.25) is 0 Å². The highest BCUT2D eigenvalue weighted by atomic mass is 32.2. The van der Waals surface area contributed by atoms with Crippen molar-refractivity contribution in [3.05, 3.63) is 23.8 Å². The molecule has 0 unspecified atom stereocenters. The third-order valence-corrected chi connectivity index (χ3v) is 3.25. The summed E-state index contributed by atoms with van der Waals surface area (Å²) in [4.78, 5) is 11.0. The Morgan fingerprint density at radius 1 is 1.35 bits per heavy atom. The van der Waals surface area contributed by atoms with Crippen LogP contribution in [0.25, 0.3) is 0 Å². The molecule has 0 spiro atoms. The zero-order valence-corrected chi connectivity index (χ0v) is 10.3. The number of carbonyl (C=O) groups excluding carboxylic acids is 1. The zero-order valence-electron chi connectivity index (χ0n) is 9.52. The third-order valence-electron chi connectivity index (χ3n) is 2.26. The van der Waals surface area contributed by atoms with E-state index >= 15 is 0 Å². The Kier molecular flexibility index (Phi) is 3.53. The number of carbonyl (C=O) groups is 1. The van der Waals surface area contributed by atoms with Gasteiger partial charge in [0.1, 0.15) is 16.5 Å². The molecular formula is C11H12N2O3S. The molecule has 0 radical (unpaired) electrons. The number of nitrogens with zero attached hydrogens (tertiary/aromatic N) is 1. The number of nitrogens with one attached hydrogen (secondary N) is 1. The monoisotopic (exact) mass is 252 g/mol. The van der Waals surface area contributed by atoms with Gasteiger partial charge in [-0.15, -0.1) is 0 Å². The minimum Gasteiger partial charge on any atom is -0.497 e. The number of rotatable bonds is 3. The molecule has 17 heavy (non-hydrogen) atoms. The summed E-state index contributed by atoms with van der Waals surface area (Å²) in [5, 5.41) is 4.73. The smallest absolute Gasteiger partial charge is 0.250 e. The van der Waals surface area contributed by atoms with E-state index in [1.54, 1.807) is 14.2 Å². The summed E-state index contributed by atoms with van der Waals surface area (Å²) in [6.07, 6.45) is 0. The van der Waals surface area contributed by atoms with E-state index in [1.807, 2.05) is 18.2 Å². The van der Waals surface area contributed by atoms with Crippen LogP contribution in [-0.4, -0.2) is 30.9 Å². The molecular weight excluding hydrogens is 240 g/mol. The van der Waals surface area contributed by atoms with Crippen molar-refractivity contribution < 1.29 is 14.3 Å². The average Bonchev–Trinajstić information content (AvgIpc) is 2.39. The molecule has 1 aliphatic heterocycles. The minimum absolute atomic E-state index is 0.0967. The molecule has 0 aromatic heterocycles. The molecule has 5 nitrogen and oxygen atoms in total. The maximum Gasteiger partial charge on any atom is 0.250 e. The molecule has 1 aromatic carbocycles. The van der Waals surface area contributed by atoms with Crippen LogP contribution in [-0.2, 0) is 4.79 Å². The summed E-state index contributed by atoms with van der Waals surface area (Å²) < 4.78 is 10.4. The second-order valence-electron chi connectivity index (χ2n) is 3.31. The van der Waals surface area contributed by atoms with Gasteiger partial charge in [0, 0.05) is 0 Å². The number of hydrazone groups is 1. The molecule has 1 N–H and O–H groups in total. The van der Waals surface area contributed by atoms with E-state index in [9.17, 15) is 4.79 Å². The Hall–Kier alpha value is -1.69. The highest BCUT2D eigenvalue weighted by Gasteiger charge is 2.18. The van der Waals surface area contributed by atoms with Gasteiger partial charge in [0.05, 0.1) is 25.5 Å². The lowest BCUT2D eigenvalue weighted by atomic mass is 10.2. The van der Waals surface area contributed by atoms with Crippen LogP contribution in [0, 0.1) is 0 Å². The Morgan fingerprint density at radius 2 is 2.18 bits per heavy atom. The fourth-order valence-corrected chi connectivity index (χ4v) is 2.19. The number of hydrogen-bond donors (Lipinski definition) is 1. The van der Waals surface area contributed by atoms with Crippen molar-refractivity contribution in [1.29, 1.82) is 0 Å². The molecule has 6 heteroatoms. The predicted octanol–water partition coefficient (Wildman–Crippen LogP) is 1.23. The maximum atomic E-state index is 11.0. The van der Waals surface area contributed by atoms with Crippen LogP contribution >= 0.6 is 11.8 Å². The molecule has 0 fully saturated rings. The number of hydrogen-bond acceptors (Lipinski definition) is 5. The van der Waals surface area contributed by atoms with Crippen LogP contribution in [0.15, 0.2) is 23.3 Å². The zero-order chi connectivity index (χ0) is 12.3. The number of methoxy groups -OCH3 is 2. The second-order valence-corrected chi connectivity index (χ2v) is 4.27. The normalized spacial score (nSPS) is 14.9. The van der Waals surface area contributed by atoms with E-state index in [0.29, 0.717) is 11.5 Å². The summed E-state index contributed by atoms with van der Waals surface area (Å²) in [5.74, 6) is 1.69. The van der Waals surface area contributed by atoms with Gasteiger partial charge in [-0.3, -0.25) is 4.79 Å². The van der Waals surface area contributed by atoms with Crippen LogP contribution in [0.3, 0.4) is 0 Å². The van der Waals surface area contributed by atoms with Crippen molar-refractivity contribution in [2.45, 2.75) is 0 Å². The van der Waals surface area contributed by atoms with E-state index in [4.69, 9.17) is 9.47 Å². The molecule has 0 saturated carbocycles. The van der Waals surface area contributed by atoms with Crippen LogP contribution in [0.5, 0.6) is 11.5 Å². The first-order chi connectivity index (χ1) is 8.24. The van der Waals surface area contributed by atoms with Gasteiger partial charge in [-0.2, -0.15) is 5.10 Å². The van der Waals surface area contributed by atoms with Crippen molar-refractivity contribution in [3.63, 3.8) is 0 Å². The van der Waals surface area contributed by atoms with Gasteiger partial charge >= 0.3 is 0 Å². The molecule has 0 bridgehead atoms. The lowest BCUT2D eigenvalue weighted by Gasteiger charge is -2.15. The topological polar surface area (TPSA) is 59.9 Å². The third kappa shape index (κ3) is 2.52. The number of ether oxygens (including phenoxy) is 2. The summed E-state index contributed by atoms with van der Waals surface area (Å²) in [6.45, 7) is 0. The Bertz CT molecular complexity index is 474. The van der Waals surface area contributed by atoms with Gasteiger partial charge in [-0.1, -0.05) is 11.8 Å². The molecule has 1 amide bonds. The fraction of sp³-hybridized carbons (Fsp3) is 0.273. The quantitative estimate of drug-likeness (QED) is 0.879. The van der Waals surface area contributed by atoms with Crippen LogP contribution in [0.4, 0.5) is 0 Å². The number of benzene rings is 1. The largest absolute Gasteiger partial charge is 0.497 e. The van der Waals surface area contributed by atoms with Crippen molar-refractivity contribution >= 4 is 22.7 Å². The van der Waals surface area contributed by atoms with Crippen molar-refractivity contribution in [2.75, 3.05) is 20.0 Å². The highest BCUT2D eigenvalue weighted by Crippen LogP contribution is 2.28. The Balaban J connectivity index is 2.38. The van der Waals surface area contributed by atoms with Gasteiger partial charge in [-0.05, 0) is 18.2 Å². The van der Waals surface area contributed by atoms with Gasteiger partial charge in [-0.25, -0.2) is 5.43 Å². The van der Waals surface area contributed by atoms with Crippen LogP contribution < -0.4 is 14.9 Å². The maximum absolute atomic E-state index is 11.0. The molecule has 1 aromatic rings. The highest BCUT2D eigenvalue weighted by molar-refractivity contribution is 8.15. The molecule has 0 saturated heterocycles. The predicted molar refractivity (Wildman–Crippen MR) is 66.7 cm³/mol. The van der Waals surface area contributed by atoms with Gasteiger partial charge in [0.15, 0.2) is 0 Å². The molecule has 0 aliphatic carbocycles. The first-order valence-electron chi connectivity index (χ1n) is 4.96. The van der Waals surface area contributed by atoms with Gasteiger partial charge in [0.25, 0.3) is 5.91 Å². The van der Waals surface area contributed by atoms with Crippen LogP contribution in [0.1, 0.15) is 5.56 Å². The Labute approximate surface area is 103 Å². The van der Waals surface area contributed by atoms with Crippen molar-refractivity contribution in [2.24, 2.45) is 5.10 Å². The summed E-state index contributed by atoms with van der Waals surface area (Å²) in [6, 6.07) is 5.46. The van der Waals surface area contributed by atoms with E-state index in [1.165, 1.54) is 11.8 Å². The summed E-state index contributed by atoms with van der Waals surface area (Å²) >= 11 is 1.38. The second kappa shape index (κ2) is 5.09. The minimum atomic E-state index is -0.0967. The average molecular weight is 252 g/mol. The molecule has 0 atom stereocenters. The standard InChI is InChI=1S/C11H12N2O3S/c1-15-7-3-4-9(16-2)8(5-7)11-13-12-10(14)6-17-11/h3-5H,6H2,1-2H3,(H,12,14). The van der Waals surface area contributed by atoms with E-state index in [2.05, 4.69) is 10.5 Å².